The SMILES string of the molecule is CO[C@@H]1O[C@@H](C)[C@H](O[C@H]2O[C@@H]3CO[C@@H](c4ccccc4)O[C@H]3[C@H](OCc3ccccc3)[C@@H]2OCc2ccccc2)[C@H]2OC(C)(C)O[C@@H]12. The third-order valence-corrected chi connectivity index (χ3v) is 9.02. The maximum atomic E-state index is 6.86. The molecule has 3 aromatic carbocycles. The van der Waals surface area contributed by atoms with Crippen molar-refractivity contribution in [1.82, 2.24) is 0 Å². The molecule has 0 unspecified atom stereocenters. The quantitative estimate of drug-likeness (QED) is 0.289. The van der Waals surface area contributed by atoms with Crippen molar-refractivity contribution in [3.05, 3.63) is 108 Å². The minimum absolute atomic E-state index is 0.280. The summed E-state index contributed by atoms with van der Waals surface area (Å²) >= 11 is 0. The first-order chi connectivity index (χ1) is 22.9. The Hall–Kier alpha value is -2.74. The Morgan fingerprint density at radius 2 is 1.26 bits per heavy atom. The van der Waals surface area contributed by atoms with Gasteiger partial charge in [0.15, 0.2) is 24.7 Å². The van der Waals surface area contributed by atoms with Crippen LogP contribution in [0.4, 0.5) is 0 Å². The fraction of sp³-hybridized carbons (Fsp3) is 0.514. The van der Waals surface area contributed by atoms with Crippen LogP contribution < -0.4 is 0 Å². The van der Waals surface area contributed by atoms with Gasteiger partial charge in [0.2, 0.25) is 0 Å². The Bertz CT molecular complexity index is 1410. The van der Waals surface area contributed by atoms with E-state index >= 15 is 0 Å². The molecule has 4 saturated heterocycles. The van der Waals surface area contributed by atoms with Crippen molar-refractivity contribution < 1.29 is 47.4 Å². The summed E-state index contributed by atoms with van der Waals surface area (Å²) in [6.45, 7) is 6.63. The van der Waals surface area contributed by atoms with Crippen LogP contribution in [0.2, 0.25) is 0 Å². The van der Waals surface area contributed by atoms with Crippen LogP contribution in [-0.2, 0) is 60.6 Å². The molecule has 4 aliphatic heterocycles. The van der Waals surface area contributed by atoms with E-state index in [1.165, 1.54) is 0 Å². The molecule has 0 N–H and O–H groups in total. The van der Waals surface area contributed by atoms with Crippen molar-refractivity contribution in [3.63, 3.8) is 0 Å². The molecule has 4 heterocycles. The van der Waals surface area contributed by atoms with Crippen LogP contribution in [0.25, 0.3) is 0 Å². The van der Waals surface area contributed by atoms with E-state index in [0.29, 0.717) is 13.2 Å². The van der Waals surface area contributed by atoms with Crippen LogP contribution in [0.1, 0.15) is 43.8 Å². The summed E-state index contributed by atoms with van der Waals surface area (Å²) in [5, 5.41) is 0. The van der Waals surface area contributed by atoms with Crippen molar-refractivity contribution >= 4 is 0 Å². The lowest BCUT2D eigenvalue weighted by Crippen LogP contribution is -2.66. The first kappa shape index (κ1) is 32.8. The summed E-state index contributed by atoms with van der Waals surface area (Å²) < 4.78 is 64.4. The predicted molar refractivity (Wildman–Crippen MR) is 169 cm³/mol. The van der Waals surface area contributed by atoms with Gasteiger partial charge < -0.3 is 47.4 Å². The molecule has 10 nitrogen and oxygen atoms in total. The minimum atomic E-state index is -0.871. The van der Waals surface area contributed by atoms with E-state index in [1.54, 1.807) is 7.11 Å². The number of hydrogen-bond donors (Lipinski definition) is 0. The van der Waals surface area contributed by atoms with Gasteiger partial charge in [-0.3, -0.25) is 0 Å². The molecule has 0 saturated carbocycles. The molecule has 4 fully saturated rings. The Kier molecular flexibility index (Phi) is 10.0. The molecule has 4 aliphatic rings. The number of ether oxygens (including phenoxy) is 10. The summed E-state index contributed by atoms with van der Waals surface area (Å²) in [5.74, 6) is -0.846. The van der Waals surface area contributed by atoms with Crippen LogP contribution in [0.5, 0.6) is 0 Å². The fourth-order valence-corrected chi connectivity index (χ4v) is 6.78. The summed E-state index contributed by atoms with van der Waals surface area (Å²) in [4.78, 5) is 0. The molecule has 252 valence electrons. The van der Waals surface area contributed by atoms with Crippen molar-refractivity contribution in [2.24, 2.45) is 0 Å². The van der Waals surface area contributed by atoms with Gasteiger partial charge in [-0.2, -0.15) is 0 Å². The van der Waals surface area contributed by atoms with E-state index in [2.05, 4.69) is 0 Å². The molecule has 0 radical (unpaired) electrons. The van der Waals surface area contributed by atoms with Gasteiger partial charge in [0.1, 0.15) is 42.7 Å². The number of benzene rings is 3. The molecule has 0 aromatic heterocycles. The lowest BCUT2D eigenvalue weighted by Gasteiger charge is -2.50. The van der Waals surface area contributed by atoms with Crippen LogP contribution in [0.3, 0.4) is 0 Å². The monoisotopic (exact) mass is 648 g/mol. The van der Waals surface area contributed by atoms with Gasteiger partial charge in [0, 0.05) is 12.7 Å². The number of methoxy groups -OCH3 is 1. The highest BCUT2D eigenvalue weighted by molar-refractivity contribution is 5.18. The maximum absolute atomic E-state index is 6.86. The minimum Gasteiger partial charge on any atom is -0.368 e. The molecule has 3 aromatic rings. The number of fused-ring (bicyclic) bond motifs is 2. The lowest BCUT2D eigenvalue weighted by molar-refractivity contribution is -0.388. The second-order valence-corrected chi connectivity index (χ2v) is 12.9. The van der Waals surface area contributed by atoms with Gasteiger partial charge in [-0.1, -0.05) is 91.0 Å². The Morgan fingerprint density at radius 1 is 0.660 bits per heavy atom. The molecule has 47 heavy (non-hydrogen) atoms. The van der Waals surface area contributed by atoms with Crippen molar-refractivity contribution in [2.45, 2.75) is 107 Å². The number of hydrogen-bond acceptors (Lipinski definition) is 10. The molecule has 0 bridgehead atoms. The van der Waals surface area contributed by atoms with Crippen LogP contribution in [0.15, 0.2) is 91.0 Å². The Balaban J connectivity index is 1.20. The first-order valence-corrected chi connectivity index (χ1v) is 16.4. The largest absolute Gasteiger partial charge is 0.368 e. The highest BCUT2D eigenvalue weighted by Crippen LogP contribution is 2.42. The van der Waals surface area contributed by atoms with Gasteiger partial charge in [-0.15, -0.1) is 0 Å². The topological polar surface area (TPSA) is 92.3 Å². The lowest BCUT2D eigenvalue weighted by atomic mass is 9.96. The van der Waals surface area contributed by atoms with Crippen molar-refractivity contribution in [2.75, 3.05) is 13.7 Å². The normalized spacial score (nSPS) is 36.4. The van der Waals surface area contributed by atoms with E-state index < -0.39 is 73.5 Å². The fourth-order valence-electron chi connectivity index (χ4n) is 6.78. The van der Waals surface area contributed by atoms with E-state index in [4.69, 9.17) is 47.4 Å². The van der Waals surface area contributed by atoms with Crippen molar-refractivity contribution in [3.8, 4) is 0 Å². The van der Waals surface area contributed by atoms with Gasteiger partial charge in [-0.25, -0.2) is 0 Å². The second-order valence-electron chi connectivity index (χ2n) is 12.9. The third kappa shape index (κ3) is 7.33. The highest BCUT2D eigenvalue weighted by Gasteiger charge is 2.58. The molecule has 7 rings (SSSR count). The second kappa shape index (κ2) is 14.4. The average molecular weight is 649 g/mol. The van der Waals surface area contributed by atoms with Crippen molar-refractivity contribution in [1.29, 1.82) is 0 Å². The summed E-state index contributed by atoms with van der Waals surface area (Å²) in [6, 6.07) is 29.9. The van der Waals surface area contributed by atoms with Gasteiger partial charge in [0.25, 0.3) is 0 Å². The Labute approximate surface area is 276 Å². The molecule has 10 heteroatoms. The highest BCUT2D eigenvalue weighted by atomic mass is 16.8. The van der Waals surface area contributed by atoms with E-state index in [0.717, 1.165) is 16.7 Å². The van der Waals surface area contributed by atoms with Crippen LogP contribution in [-0.4, -0.2) is 80.9 Å². The third-order valence-electron chi connectivity index (χ3n) is 9.02. The van der Waals surface area contributed by atoms with Crippen LogP contribution in [0, 0.1) is 0 Å². The summed E-state index contributed by atoms with van der Waals surface area (Å²) in [7, 11) is 1.60. The zero-order valence-corrected chi connectivity index (χ0v) is 27.2. The molecule has 0 spiro atoms. The number of rotatable bonds is 10. The van der Waals surface area contributed by atoms with Gasteiger partial charge >= 0.3 is 0 Å². The maximum Gasteiger partial charge on any atom is 0.187 e. The summed E-state index contributed by atoms with van der Waals surface area (Å²) in [6.07, 6.45) is -6.23. The average Bonchev–Trinajstić information content (AvgIpc) is 3.43. The van der Waals surface area contributed by atoms with E-state index in [1.807, 2.05) is 112 Å². The van der Waals surface area contributed by atoms with E-state index in [9.17, 15) is 0 Å². The standard InChI is InChI=1S/C37H44O10/c1-23-28(31-33(35(38-4)42-23)47-37(2,3)46-31)44-36-32(40-21-25-16-10-6-11-17-25)30(39-20-24-14-8-5-9-15-24)29-27(43-36)22-41-34(45-29)26-18-12-7-13-19-26/h5-19,23,27-36H,20-22H2,1-4H3/t23-,27+,28-,29+,30-,31+,32-,33+,34+,35+,36+/m0/s1. The van der Waals surface area contributed by atoms with Gasteiger partial charge in [0.05, 0.1) is 25.9 Å². The smallest absolute Gasteiger partial charge is 0.187 e. The molecule has 0 amide bonds. The molecular formula is C37H44O10. The zero-order valence-electron chi connectivity index (χ0n) is 27.2. The van der Waals surface area contributed by atoms with Gasteiger partial charge in [-0.05, 0) is 31.9 Å². The predicted octanol–water partition coefficient (Wildman–Crippen LogP) is 5.29. The molecule has 0 aliphatic carbocycles. The first-order valence-electron chi connectivity index (χ1n) is 16.4. The molecule has 11 atom stereocenters. The zero-order chi connectivity index (χ0) is 32.4. The Morgan fingerprint density at radius 3 is 1.89 bits per heavy atom. The van der Waals surface area contributed by atoms with E-state index in [-0.39, 0.29) is 6.61 Å². The summed E-state index contributed by atoms with van der Waals surface area (Å²) in [5.41, 5.74) is 2.96. The van der Waals surface area contributed by atoms with Crippen LogP contribution >= 0.6 is 0 Å². The molecular weight excluding hydrogens is 604 g/mol.